The zero-order chi connectivity index (χ0) is 23.8. The second-order valence-electron chi connectivity index (χ2n) is 8.25. The fraction of sp³-hybridized carbons (Fsp3) is 0.231. The van der Waals surface area contributed by atoms with Gasteiger partial charge in [0.15, 0.2) is 0 Å². The van der Waals surface area contributed by atoms with E-state index in [0.29, 0.717) is 59.3 Å². The highest BCUT2D eigenvalue weighted by Gasteiger charge is 2.31. The molecule has 2 amide bonds. The molecule has 3 aromatic rings. The Morgan fingerprint density at radius 3 is 2.35 bits per heavy atom. The highest BCUT2D eigenvalue weighted by atomic mass is 32.2. The molecule has 0 N–H and O–H groups in total. The Bertz CT molecular complexity index is 1290. The average molecular weight is 478 g/mol. The largest absolute Gasteiger partial charge is 0.368 e. The summed E-state index contributed by atoms with van der Waals surface area (Å²) in [4.78, 5) is 33.0. The first-order valence-electron chi connectivity index (χ1n) is 11.2. The lowest BCUT2D eigenvalue weighted by Crippen LogP contribution is -2.48. The number of nitrogens with zero attached hydrogens (tertiary/aromatic N) is 3. The Kier molecular flexibility index (Phi) is 5.91. The third kappa shape index (κ3) is 3.88. The van der Waals surface area contributed by atoms with Gasteiger partial charge in [-0.05, 0) is 61.5 Å². The van der Waals surface area contributed by atoms with E-state index in [1.54, 1.807) is 64.4 Å². The minimum Gasteiger partial charge on any atom is -0.368 e. The molecule has 8 heteroatoms. The van der Waals surface area contributed by atoms with E-state index >= 15 is 0 Å². The molecule has 0 bridgehead atoms. The quantitative estimate of drug-likeness (QED) is 0.574. The minimum atomic E-state index is -1.53. The lowest BCUT2D eigenvalue weighted by molar-refractivity contribution is 0.0746. The second-order valence-corrected chi connectivity index (χ2v) is 9.67. The van der Waals surface area contributed by atoms with Gasteiger partial charge >= 0.3 is 0 Å². The zero-order valence-corrected chi connectivity index (χ0v) is 19.6. The summed E-state index contributed by atoms with van der Waals surface area (Å²) in [5.74, 6) is -0.621. The monoisotopic (exact) mass is 477 g/mol. The van der Waals surface area contributed by atoms with Crippen LogP contribution in [0.25, 0.3) is 0 Å². The number of amides is 2. The van der Waals surface area contributed by atoms with Crippen LogP contribution in [-0.4, -0.2) is 53.6 Å². The van der Waals surface area contributed by atoms with Crippen molar-refractivity contribution < 1.29 is 18.2 Å². The molecule has 0 aromatic heterocycles. The van der Waals surface area contributed by atoms with Crippen LogP contribution in [0.3, 0.4) is 0 Å². The number of hydrogen-bond donors (Lipinski definition) is 0. The Labute approximate surface area is 200 Å². The summed E-state index contributed by atoms with van der Waals surface area (Å²) < 4.78 is 26.5. The van der Waals surface area contributed by atoms with Crippen molar-refractivity contribution in [1.29, 1.82) is 0 Å². The van der Waals surface area contributed by atoms with Crippen molar-refractivity contribution in [3.8, 4) is 0 Å². The average Bonchev–Trinajstić information content (AvgIpc) is 2.97. The van der Waals surface area contributed by atoms with E-state index in [0.717, 1.165) is 5.69 Å². The highest BCUT2D eigenvalue weighted by molar-refractivity contribution is 7.85. The maximum Gasteiger partial charge on any atom is 0.259 e. The number of piperazine rings is 1. The summed E-state index contributed by atoms with van der Waals surface area (Å²) in [7, 11) is -1.53. The molecule has 0 spiro atoms. The summed E-state index contributed by atoms with van der Waals surface area (Å²) in [6.45, 7) is 4.59. The molecule has 2 aliphatic rings. The summed E-state index contributed by atoms with van der Waals surface area (Å²) in [5, 5.41) is 0. The van der Waals surface area contributed by atoms with Gasteiger partial charge in [0.05, 0.1) is 31.8 Å². The van der Waals surface area contributed by atoms with Gasteiger partial charge < -0.3 is 14.7 Å². The van der Waals surface area contributed by atoms with Gasteiger partial charge in [-0.2, -0.15) is 0 Å². The van der Waals surface area contributed by atoms with Crippen molar-refractivity contribution in [3.63, 3.8) is 0 Å². The molecule has 2 heterocycles. The molecule has 1 atom stereocenters. The van der Waals surface area contributed by atoms with E-state index in [2.05, 4.69) is 4.90 Å². The molecule has 34 heavy (non-hydrogen) atoms. The number of fused-ring (bicyclic) bond motifs is 2. The Hall–Kier alpha value is -3.52. The van der Waals surface area contributed by atoms with Gasteiger partial charge in [0.1, 0.15) is 5.82 Å². The number of carbonyl (C=O) groups is 2. The Balaban J connectivity index is 1.40. The van der Waals surface area contributed by atoms with E-state index in [1.807, 2.05) is 6.92 Å². The summed E-state index contributed by atoms with van der Waals surface area (Å²) in [5.41, 5.74) is 2.32. The maximum atomic E-state index is 13.3. The van der Waals surface area contributed by atoms with E-state index in [9.17, 15) is 18.2 Å². The fourth-order valence-corrected chi connectivity index (χ4v) is 5.86. The van der Waals surface area contributed by atoms with Crippen LogP contribution in [0.2, 0.25) is 0 Å². The van der Waals surface area contributed by atoms with Gasteiger partial charge in [-0.3, -0.25) is 9.59 Å². The van der Waals surface area contributed by atoms with Crippen LogP contribution in [0, 0.1) is 5.82 Å². The molecule has 174 valence electrons. The smallest absolute Gasteiger partial charge is 0.259 e. The van der Waals surface area contributed by atoms with E-state index in [4.69, 9.17) is 0 Å². The highest BCUT2D eigenvalue weighted by Crippen LogP contribution is 2.35. The van der Waals surface area contributed by atoms with Crippen molar-refractivity contribution in [2.45, 2.75) is 16.7 Å². The van der Waals surface area contributed by atoms with Crippen molar-refractivity contribution >= 4 is 34.0 Å². The van der Waals surface area contributed by atoms with Crippen LogP contribution in [0.1, 0.15) is 27.6 Å². The second kappa shape index (κ2) is 9.02. The first kappa shape index (κ1) is 22.3. The minimum absolute atomic E-state index is 0.127. The van der Waals surface area contributed by atoms with E-state index < -0.39 is 10.8 Å². The van der Waals surface area contributed by atoms with Crippen molar-refractivity contribution in [3.05, 3.63) is 83.7 Å². The van der Waals surface area contributed by atoms with Crippen LogP contribution in [-0.2, 0) is 10.8 Å². The normalized spacial score (nSPS) is 17.8. The molecule has 0 unspecified atom stereocenters. The van der Waals surface area contributed by atoms with Crippen LogP contribution in [0.15, 0.2) is 76.5 Å². The van der Waals surface area contributed by atoms with Crippen molar-refractivity contribution in [1.82, 2.24) is 4.90 Å². The summed E-state index contributed by atoms with van der Waals surface area (Å²) >= 11 is 0. The van der Waals surface area contributed by atoms with Crippen LogP contribution in [0.4, 0.5) is 15.8 Å². The summed E-state index contributed by atoms with van der Waals surface area (Å²) in [6, 6.07) is 18.4. The van der Waals surface area contributed by atoms with Crippen LogP contribution >= 0.6 is 0 Å². The topological polar surface area (TPSA) is 60.9 Å². The molecule has 0 aliphatic carbocycles. The molecule has 0 saturated carbocycles. The van der Waals surface area contributed by atoms with Gasteiger partial charge in [-0.15, -0.1) is 0 Å². The Morgan fingerprint density at radius 1 is 0.941 bits per heavy atom. The fourth-order valence-electron chi connectivity index (χ4n) is 4.51. The van der Waals surface area contributed by atoms with Gasteiger partial charge in [0.2, 0.25) is 0 Å². The van der Waals surface area contributed by atoms with Crippen molar-refractivity contribution in [2.75, 3.05) is 42.5 Å². The Morgan fingerprint density at radius 2 is 1.65 bits per heavy atom. The molecule has 5 rings (SSSR count). The molecule has 1 fully saturated rings. The lowest BCUT2D eigenvalue weighted by atomic mass is 10.1. The maximum absolute atomic E-state index is 13.3. The summed E-state index contributed by atoms with van der Waals surface area (Å²) in [6.07, 6.45) is 0. The van der Waals surface area contributed by atoms with Crippen LogP contribution in [0.5, 0.6) is 0 Å². The van der Waals surface area contributed by atoms with Gasteiger partial charge in [0.25, 0.3) is 11.8 Å². The van der Waals surface area contributed by atoms with Gasteiger partial charge in [-0.25, -0.2) is 8.60 Å². The van der Waals surface area contributed by atoms with Crippen molar-refractivity contribution in [2.24, 2.45) is 0 Å². The molecule has 0 radical (unpaired) electrons. The molecular formula is C26H24FN3O3S. The molecule has 1 saturated heterocycles. The lowest BCUT2D eigenvalue weighted by Gasteiger charge is -2.36. The molecule has 2 aliphatic heterocycles. The van der Waals surface area contributed by atoms with E-state index in [-0.39, 0.29) is 17.6 Å². The van der Waals surface area contributed by atoms with E-state index in [1.165, 1.54) is 12.1 Å². The molecule has 3 aromatic carbocycles. The zero-order valence-electron chi connectivity index (χ0n) is 18.7. The third-order valence-electron chi connectivity index (χ3n) is 6.33. The number of rotatable bonds is 3. The predicted molar refractivity (Wildman–Crippen MR) is 129 cm³/mol. The molecular weight excluding hydrogens is 453 g/mol. The van der Waals surface area contributed by atoms with Crippen LogP contribution < -0.4 is 9.80 Å². The predicted octanol–water partition coefficient (Wildman–Crippen LogP) is 3.93. The first-order chi connectivity index (χ1) is 16.5. The first-order valence-corrected chi connectivity index (χ1v) is 12.4. The standard InChI is InChI=1S/C26H24FN3O3S/c1-2-30-22-17-18(7-12-24(22)34(33)23-6-4-3-5-21(23)26(30)32)25(31)29-15-13-28(14-16-29)20-10-8-19(27)9-11-20/h3-12,17H,2,13-16H2,1H3/t34-/m0/s1. The number of anilines is 2. The van der Waals surface area contributed by atoms with Gasteiger partial charge in [0, 0.05) is 44.0 Å². The third-order valence-corrected chi connectivity index (χ3v) is 7.83. The number of carbonyl (C=O) groups excluding carboxylic acids is 2. The number of hydrogen-bond acceptors (Lipinski definition) is 4. The number of halogens is 1. The SMILES string of the molecule is CCN1C(=O)c2ccccc2[S@](=O)c2ccc(C(=O)N3CCN(c4ccc(F)cc4)CC3)cc21. The van der Waals surface area contributed by atoms with Gasteiger partial charge in [-0.1, -0.05) is 12.1 Å². The molecule has 6 nitrogen and oxygen atoms in total. The number of benzene rings is 3.